The molecule has 2 saturated heterocycles. The van der Waals surface area contributed by atoms with Crippen LogP contribution in [0.3, 0.4) is 0 Å². The molecule has 2 atom stereocenters. The molecule has 2 aliphatic rings. The molecule has 4 heterocycles. The highest BCUT2D eigenvalue weighted by Crippen LogP contribution is 2.40. The number of hydrogen-bond donors (Lipinski definition) is 0. The molecular formula is C44H48Cl2N6O3. The quantitative estimate of drug-likeness (QED) is 0.117. The van der Waals surface area contributed by atoms with Gasteiger partial charge < -0.3 is 19.1 Å². The Morgan fingerprint density at radius 1 is 0.836 bits per heavy atom. The van der Waals surface area contributed by atoms with E-state index in [2.05, 4.69) is 58.3 Å². The van der Waals surface area contributed by atoms with Crippen LogP contribution in [0.1, 0.15) is 71.5 Å². The minimum absolute atomic E-state index is 0.241. The highest BCUT2D eigenvalue weighted by atomic mass is 35.5. The summed E-state index contributed by atoms with van der Waals surface area (Å²) < 4.78 is 21.1. The first-order valence-corrected chi connectivity index (χ1v) is 19.8. The lowest BCUT2D eigenvalue weighted by Crippen LogP contribution is -2.34. The summed E-state index contributed by atoms with van der Waals surface area (Å²) in [4.78, 5) is 9.07. The zero-order chi connectivity index (χ0) is 38.3. The lowest BCUT2D eigenvalue weighted by molar-refractivity contribution is 0.138. The molecule has 0 saturated carbocycles. The number of likely N-dealkylation sites (tertiary alicyclic amines) is 2. The van der Waals surface area contributed by atoms with Gasteiger partial charge in [0, 0.05) is 79.0 Å². The van der Waals surface area contributed by atoms with E-state index in [1.807, 2.05) is 54.3 Å². The Morgan fingerprint density at radius 2 is 1.67 bits per heavy atom. The number of piperidine rings is 2. The van der Waals surface area contributed by atoms with E-state index in [9.17, 15) is 5.26 Å². The van der Waals surface area contributed by atoms with Crippen molar-refractivity contribution < 1.29 is 14.2 Å². The minimum Gasteiger partial charge on any atom is -0.492 e. The predicted octanol–water partition coefficient (Wildman–Crippen LogP) is 9.57. The molecule has 286 valence electrons. The summed E-state index contributed by atoms with van der Waals surface area (Å²) in [5.74, 6) is 2.40. The Hall–Kier alpha value is -4.59. The van der Waals surface area contributed by atoms with E-state index in [4.69, 9.17) is 37.4 Å². The van der Waals surface area contributed by atoms with Crippen LogP contribution in [0, 0.1) is 24.2 Å². The van der Waals surface area contributed by atoms with E-state index in [1.54, 1.807) is 18.5 Å². The third kappa shape index (κ3) is 9.45. The number of benzene rings is 3. The molecule has 9 nitrogen and oxygen atoms in total. The Bertz CT molecular complexity index is 2150. The van der Waals surface area contributed by atoms with Gasteiger partial charge in [-0.3, -0.25) is 14.6 Å². The number of pyridine rings is 1. The average Bonchev–Trinajstić information content (AvgIpc) is 3.63. The fourth-order valence-corrected chi connectivity index (χ4v) is 8.38. The fraction of sp³-hybridized carbons (Fsp3) is 0.386. The van der Waals surface area contributed by atoms with Crippen molar-refractivity contribution in [3.05, 3.63) is 123 Å². The van der Waals surface area contributed by atoms with Crippen molar-refractivity contribution in [2.45, 2.75) is 64.8 Å². The van der Waals surface area contributed by atoms with Gasteiger partial charge >= 0.3 is 0 Å². The van der Waals surface area contributed by atoms with E-state index in [0.29, 0.717) is 58.5 Å². The Balaban J connectivity index is 1.11. The molecule has 0 N–H and O–H groups in total. The van der Waals surface area contributed by atoms with Gasteiger partial charge in [-0.25, -0.2) is 0 Å². The van der Waals surface area contributed by atoms with Crippen LogP contribution in [0.4, 0.5) is 0 Å². The van der Waals surface area contributed by atoms with Gasteiger partial charge in [0.15, 0.2) is 0 Å². The molecule has 3 aromatic carbocycles. The van der Waals surface area contributed by atoms with Crippen LogP contribution in [0.15, 0.2) is 79.4 Å². The molecule has 0 radical (unpaired) electrons. The second kappa shape index (κ2) is 17.9. The zero-order valence-corrected chi connectivity index (χ0v) is 33.3. The van der Waals surface area contributed by atoms with Gasteiger partial charge in [0.2, 0.25) is 0 Å². The van der Waals surface area contributed by atoms with Gasteiger partial charge in [0.1, 0.15) is 36.5 Å². The number of nitrogens with zero attached hydrogens (tertiary/aromatic N) is 6. The Morgan fingerprint density at radius 3 is 2.49 bits per heavy atom. The second-order valence-electron chi connectivity index (χ2n) is 14.9. The third-order valence-electron chi connectivity index (χ3n) is 10.8. The number of rotatable bonds is 13. The van der Waals surface area contributed by atoms with E-state index in [1.165, 1.54) is 24.8 Å². The van der Waals surface area contributed by atoms with Crippen molar-refractivity contribution in [2.75, 3.05) is 33.3 Å². The van der Waals surface area contributed by atoms with Crippen molar-refractivity contribution in [1.82, 2.24) is 24.6 Å². The van der Waals surface area contributed by atoms with E-state index >= 15 is 0 Å². The van der Waals surface area contributed by atoms with Crippen LogP contribution < -0.4 is 14.2 Å². The van der Waals surface area contributed by atoms with Crippen LogP contribution in [0.2, 0.25) is 10.0 Å². The summed E-state index contributed by atoms with van der Waals surface area (Å²) in [6.45, 7) is 7.06. The SMILES string of the molecule is Cc1c(COc2cc(OCc3cncc(C#N)c3)c(CN3CCCCC3c3cnn(C)c3)cc2Cl)cccc1-c1cccc(OCC2CCCN(C)C2)c1Cl. The Kier molecular flexibility index (Phi) is 12.6. The van der Waals surface area contributed by atoms with Crippen LogP contribution >= 0.6 is 23.2 Å². The zero-order valence-electron chi connectivity index (χ0n) is 31.8. The van der Waals surface area contributed by atoms with E-state index in [-0.39, 0.29) is 12.6 Å². The lowest BCUT2D eigenvalue weighted by Gasteiger charge is -2.35. The number of nitriles is 1. The van der Waals surface area contributed by atoms with Crippen LogP contribution in [0.5, 0.6) is 17.2 Å². The molecule has 0 aliphatic carbocycles. The standard InChI is InChI=1S/C44H48Cl2N6O3/c1-30-34(10-6-11-37(30)38-12-7-14-41(44(38)46)53-27-31-9-8-15-50(2)24-31)29-55-43-19-42(54-28-33-17-32(20-47)21-48-22-33)35(18-39(43)45)26-52-16-5-4-13-40(52)36-23-49-51(3)25-36/h6-7,10-12,14,17-19,21-23,25,31,40H,4-5,8-9,13,15-16,24,26-29H2,1-3H3. The normalized spacial score (nSPS) is 17.8. The van der Waals surface area contributed by atoms with Gasteiger partial charge in [0.25, 0.3) is 0 Å². The monoisotopic (exact) mass is 778 g/mol. The summed E-state index contributed by atoms with van der Waals surface area (Å²) in [5, 5.41) is 15.0. The molecular weight excluding hydrogens is 731 g/mol. The largest absolute Gasteiger partial charge is 0.492 e. The van der Waals surface area contributed by atoms with Crippen LogP contribution in [0.25, 0.3) is 11.1 Å². The molecule has 2 unspecified atom stereocenters. The predicted molar refractivity (Wildman–Crippen MR) is 217 cm³/mol. The first-order chi connectivity index (χ1) is 26.7. The fourth-order valence-electron chi connectivity index (χ4n) is 7.86. The highest BCUT2D eigenvalue weighted by molar-refractivity contribution is 6.35. The number of ether oxygens (including phenoxy) is 3. The summed E-state index contributed by atoms with van der Waals surface area (Å²) in [7, 11) is 4.12. The van der Waals surface area contributed by atoms with Crippen LogP contribution in [-0.4, -0.2) is 57.9 Å². The molecule has 7 rings (SSSR count). The molecule has 0 spiro atoms. The van der Waals surface area contributed by atoms with E-state index in [0.717, 1.165) is 65.9 Å². The maximum absolute atomic E-state index is 9.43. The molecule has 2 aliphatic heterocycles. The Labute approximate surface area is 334 Å². The molecule has 0 amide bonds. The second-order valence-corrected chi connectivity index (χ2v) is 15.7. The first-order valence-electron chi connectivity index (χ1n) is 19.1. The van der Waals surface area contributed by atoms with Crippen molar-refractivity contribution in [1.29, 1.82) is 5.26 Å². The van der Waals surface area contributed by atoms with Gasteiger partial charge in [-0.2, -0.15) is 10.4 Å². The maximum Gasteiger partial charge on any atom is 0.142 e. The number of aryl methyl sites for hydroxylation is 1. The summed E-state index contributed by atoms with van der Waals surface area (Å²) >= 11 is 14.0. The number of hydrogen-bond acceptors (Lipinski definition) is 8. The smallest absolute Gasteiger partial charge is 0.142 e. The number of halogens is 2. The maximum atomic E-state index is 9.43. The number of aromatic nitrogens is 3. The lowest BCUT2D eigenvalue weighted by atomic mass is 9.96. The van der Waals surface area contributed by atoms with Crippen molar-refractivity contribution in [3.63, 3.8) is 0 Å². The average molecular weight is 780 g/mol. The summed E-state index contributed by atoms with van der Waals surface area (Å²) in [6, 6.07) is 20.2. The van der Waals surface area contributed by atoms with Crippen molar-refractivity contribution >= 4 is 23.2 Å². The van der Waals surface area contributed by atoms with Crippen molar-refractivity contribution in [3.8, 4) is 34.4 Å². The molecule has 5 aromatic rings. The van der Waals surface area contributed by atoms with Gasteiger partial charge in [-0.05, 0) is 87.6 Å². The summed E-state index contributed by atoms with van der Waals surface area (Å²) in [5.41, 5.74) is 7.49. The third-order valence-corrected chi connectivity index (χ3v) is 11.5. The van der Waals surface area contributed by atoms with Gasteiger partial charge in [-0.1, -0.05) is 60.0 Å². The topological polar surface area (TPSA) is 88.7 Å². The summed E-state index contributed by atoms with van der Waals surface area (Å²) in [6.07, 6.45) is 13.0. The van der Waals surface area contributed by atoms with Crippen LogP contribution in [-0.2, 0) is 26.8 Å². The molecule has 2 aromatic heterocycles. The van der Waals surface area contributed by atoms with E-state index < -0.39 is 0 Å². The van der Waals surface area contributed by atoms with Crippen molar-refractivity contribution in [2.24, 2.45) is 13.0 Å². The molecule has 11 heteroatoms. The molecule has 2 fully saturated rings. The molecule has 0 bridgehead atoms. The van der Waals surface area contributed by atoms with Gasteiger partial charge in [0.05, 0.1) is 28.4 Å². The first kappa shape index (κ1) is 38.7. The minimum atomic E-state index is 0.241. The highest BCUT2D eigenvalue weighted by Gasteiger charge is 2.27. The molecule has 55 heavy (non-hydrogen) atoms. The van der Waals surface area contributed by atoms with Gasteiger partial charge in [-0.15, -0.1) is 0 Å².